The molecule has 188 valence electrons. The molecule has 2 aromatic carbocycles. The summed E-state index contributed by atoms with van der Waals surface area (Å²) in [5.74, 6) is 0. The van der Waals surface area contributed by atoms with Crippen molar-refractivity contribution in [2.24, 2.45) is 0 Å². The summed E-state index contributed by atoms with van der Waals surface area (Å²) in [6.45, 7) is 12.5. The zero-order chi connectivity index (χ0) is 25.2. The Morgan fingerprint density at radius 3 is 2.46 bits per heavy atom. The average Bonchev–Trinajstić information content (AvgIpc) is 3.52. The molecule has 6 rings (SSSR count). The second kappa shape index (κ2) is 11.3. The monoisotopic (exact) mass is 666 g/mol. The predicted molar refractivity (Wildman–Crippen MR) is 146 cm³/mol. The van der Waals surface area contributed by atoms with Crippen LogP contribution in [0.5, 0.6) is 0 Å². The van der Waals surface area contributed by atoms with Crippen LogP contribution in [0.4, 0.5) is 5.69 Å². The number of hydrogen-bond donors (Lipinski definition) is 0. The fourth-order valence-corrected chi connectivity index (χ4v) is 4.13. The van der Waals surface area contributed by atoms with E-state index in [0.29, 0.717) is 6.04 Å². The Labute approximate surface area is 232 Å². The van der Waals surface area contributed by atoms with Crippen LogP contribution in [-0.4, -0.2) is 20.9 Å². The molecule has 4 heterocycles. The number of furan rings is 1. The average molecular weight is 666 g/mol. The standard InChI is InChI=1S/C18H16N2O.C13H13N2.Ir/c1-13(2)19-10-11-20(12-19)16-8-5-7-15-14-6-3-4-9-17(14)21-18(15)16;1-9-7-13(15-8-10(9)2)12-5-4-6-14-11(12)3;/h3-7,9-13H,1-2H3;4,6-8H,1-3H3;/q-2;-1;+3. The molecule has 0 amide bonds. The molecule has 0 fully saturated rings. The van der Waals surface area contributed by atoms with Crippen LogP contribution in [0.15, 0.2) is 77.7 Å². The maximum Gasteiger partial charge on any atom is 3.00 e. The number of benzene rings is 2. The van der Waals surface area contributed by atoms with Crippen molar-refractivity contribution in [1.82, 2.24) is 14.9 Å². The molecule has 0 spiro atoms. The van der Waals surface area contributed by atoms with Gasteiger partial charge in [-0.25, -0.2) is 0 Å². The van der Waals surface area contributed by atoms with Crippen molar-refractivity contribution in [1.29, 1.82) is 0 Å². The zero-order valence-electron chi connectivity index (χ0n) is 21.6. The summed E-state index contributed by atoms with van der Waals surface area (Å²) in [6, 6.07) is 22.9. The minimum atomic E-state index is 0. The van der Waals surface area contributed by atoms with Crippen molar-refractivity contribution in [2.75, 3.05) is 4.90 Å². The van der Waals surface area contributed by atoms with E-state index in [2.05, 4.69) is 90.7 Å². The molecule has 1 aliphatic heterocycles. The van der Waals surface area contributed by atoms with E-state index in [1.807, 2.05) is 49.7 Å². The fraction of sp³-hybridized carbons (Fsp3) is 0.194. The third kappa shape index (κ3) is 5.46. The molecule has 6 heteroatoms. The Bertz CT molecular complexity index is 1560. The van der Waals surface area contributed by atoms with Crippen LogP contribution in [0.1, 0.15) is 30.7 Å². The van der Waals surface area contributed by atoms with Gasteiger partial charge in [-0.3, -0.25) is 0 Å². The number of fused-ring (bicyclic) bond motifs is 3. The summed E-state index contributed by atoms with van der Waals surface area (Å²) < 4.78 is 6.05. The summed E-state index contributed by atoms with van der Waals surface area (Å²) in [5, 5.41) is 2.27. The first kappa shape index (κ1) is 26.6. The largest absolute Gasteiger partial charge is 3.00 e. The number of para-hydroxylation sites is 1. The van der Waals surface area contributed by atoms with E-state index in [4.69, 9.17) is 4.42 Å². The smallest absolute Gasteiger partial charge is 0.514 e. The van der Waals surface area contributed by atoms with Crippen LogP contribution >= 0.6 is 0 Å². The molecule has 0 radical (unpaired) electrons. The van der Waals surface area contributed by atoms with Crippen LogP contribution in [0, 0.1) is 39.6 Å². The van der Waals surface area contributed by atoms with Crippen molar-refractivity contribution >= 4 is 27.6 Å². The van der Waals surface area contributed by atoms with Crippen LogP contribution in [-0.2, 0) is 20.1 Å². The van der Waals surface area contributed by atoms with Crippen LogP contribution in [0.2, 0.25) is 0 Å². The summed E-state index contributed by atoms with van der Waals surface area (Å²) >= 11 is 0. The van der Waals surface area contributed by atoms with Crippen LogP contribution < -0.4 is 4.90 Å². The van der Waals surface area contributed by atoms with Crippen molar-refractivity contribution in [3.05, 3.63) is 109 Å². The second-order valence-corrected chi connectivity index (χ2v) is 9.23. The van der Waals surface area contributed by atoms with Crippen molar-refractivity contribution in [3.63, 3.8) is 0 Å². The Balaban J connectivity index is 0.000000178. The first-order chi connectivity index (χ1) is 17.4. The molecule has 0 unspecified atom stereocenters. The summed E-state index contributed by atoms with van der Waals surface area (Å²) in [7, 11) is 0. The quantitative estimate of drug-likeness (QED) is 0.188. The molecule has 0 N–H and O–H groups in total. The number of aryl methyl sites for hydroxylation is 3. The third-order valence-electron chi connectivity index (χ3n) is 6.39. The van der Waals surface area contributed by atoms with E-state index in [0.717, 1.165) is 44.6 Å². The van der Waals surface area contributed by atoms with Gasteiger partial charge in [-0.2, -0.15) is 24.9 Å². The van der Waals surface area contributed by atoms with Gasteiger partial charge in [0.2, 0.25) is 0 Å². The van der Waals surface area contributed by atoms with E-state index in [9.17, 15) is 0 Å². The number of rotatable bonds is 3. The molecular weight excluding hydrogens is 637 g/mol. The van der Waals surface area contributed by atoms with Gasteiger partial charge >= 0.3 is 20.1 Å². The number of anilines is 1. The van der Waals surface area contributed by atoms with E-state index in [1.54, 1.807) is 6.20 Å². The van der Waals surface area contributed by atoms with Gasteiger partial charge in [0, 0.05) is 17.2 Å². The zero-order valence-corrected chi connectivity index (χ0v) is 24.0. The minimum absolute atomic E-state index is 0. The number of pyridine rings is 2. The maximum atomic E-state index is 6.05. The SMILES string of the molecule is CC(C)N1C=CN(c2[c-]ccc3c2oc2ccccc23)[CH-]1.Cc1cnc(-c2[c-]ccnc2C)cc1C.[Ir+3]. The molecule has 0 aliphatic carbocycles. The predicted octanol–water partition coefficient (Wildman–Crippen LogP) is 7.37. The van der Waals surface area contributed by atoms with Gasteiger partial charge < -0.3 is 24.2 Å². The maximum absolute atomic E-state index is 6.05. The number of aromatic nitrogens is 2. The summed E-state index contributed by atoms with van der Waals surface area (Å²) in [6.07, 6.45) is 7.75. The third-order valence-corrected chi connectivity index (χ3v) is 6.39. The van der Waals surface area contributed by atoms with Gasteiger partial charge in [0.05, 0.1) is 0 Å². The molecule has 0 atom stereocenters. The van der Waals surface area contributed by atoms with Crippen LogP contribution in [0.3, 0.4) is 0 Å². The molecule has 1 aliphatic rings. The van der Waals surface area contributed by atoms with Gasteiger partial charge in [-0.05, 0) is 69.2 Å². The molecular formula is C31H29IrN4O. The van der Waals surface area contributed by atoms with Crippen LogP contribution in [0.25, 0.3) is 33.2 Å². The van der Waals surface area contributed by atoms with Gasteiger partial charge in [0.1, 0.15) is 5.58 Å². The molecule has 0 saturated heterocycles. The normalized spacial score (nSPS) is 12.7. The molecule has 0 saturated carbocycles. The Hall–Kier alpha value is -3.47. The van der Waals surface area contributed by atoms with E-state index in [1.165, 1.54) is 11.1 Å². The summed E-state index contributed by atoms with van der Waals surface area (Å²) in [5.41, 5.74) is 8.10. The Morgan fingerprint density at radius 2 is 1.73 bits per heavy atom. The molecule has 5 nitrogen and oxygen atoms in total. The Morgan fingerprint density at radius 1 is 0.919 bits per heavy atom. The van der Waals surface area contributed by atoms with Crippen molar-refractivity contribution < 1.29 is 24.5 Å². The second-order valence-electron chi connectivity index (χ2n) is 9.23. The summed E-state index contributed by atoms with van der Waals surface area (Å²) in [4.78, 5) is 12.9. The van der Waals surface area contributed by atoms with E-state index < -0.39 is 0 Å². The number of nitrogens with zero attached hydrogens (tertiary/aromatic N) is 4. The van der Waals surface area contributed by atoms with Gasteiger partial charge in [-0.15, -0.1) is 17.7 Å². The first-order valence-corrected chi connectivity index (χ1v) is 12.1. The topological polar surface area (TPSA) is 45.4 Å². The van der Waals surface area contributed by atoms with Gasteiger partial charge in [0.25, 0.3) is 0 Å². The Kier molecular flexibility index (Phi) is 8.11. The van der Waals surface area contributed by atoms with Gasteiger partial charge in [0.15, 0.2) is 0 Å². The fourth-order valence-electron chi connectivity index (χ4n) is 4.13. The molecule has 0 bridgehead atoms. The number of hydrogen-bond acceptors (Lipinski definition) is 5. The molecule has 5 aromatic rings. The van der Waals surface area contributed by atoms with E-state index >= 15 is 0 Å². The minimum Gasteiger partial charge on any atom is -0.514 e. The van der Waals surface area contributed by atoms with Crippen molar-refractivity contribution in [3.8, 4) is 11.3 Å². The first-order valence-electron chi connectivity index (χ1n) is 12.1. The van der Waals surface area contributed by atoms with E-state index in [-0.39, 0.29) is 20.1 Å². The molecule has 3 aromatic heterocycles. The van der Waals surface area contributed by atoms with Gasteiger partial charge in [-0.1, -0.05) is 54.0 Å². The molecule has 37 heavy (non-hydrogen) atoms. The van der Waals surface area contributed by atoms with Crippen molar-refractivity contribution in [2.45, 2.75) is 40.7 Å².